The van der Waals surface area contributed by atoms with Gasteiger partial charge < -0.3 is 14.4 Å². The molecule has 0 aliphatic carbocycles. The molecular weight excluding hydrogens is 222 g/mol. The molecule has 6 heteroatoms. The van der Waals surface area contributed by atoms with Crippen molar-refractivity contribution < 1.29 is 14.4 Å². The van der Waals surface area contributed by atoms with Crippen LogP contribution in [-0.2, 0) is 4.74 Å². The highest BCUT2D eigenvalue weighted by atomic mass is 16.5. The molecule has 3 heterocycles. The lowest BCUT2D eigenvalue weighted by Gasteiger charge is -2.01. The summed E-state index contributed by atoms with van der Waals surface area (Å²) in [4.78, 5) is 8.02. The fraction of sp³-hybridized carbons (Fsp3) is 0.364. The van der Waals surface area contributed by atoms with Gasteiger partial charge in [0.1, 0.15) is 11.9 Å². The van der Waals surface area contributed by atoms with E-state index >= 15 is 0 Å². The first-order valence-corrected chi connectivity index (χ1v) is 5.43. The van der Waals surface area contributed by atoms with Crippen molar-refractivity contribution in [3.8, 4) is 17.2 Å². The van der Waals surface area contributed by atoms with Crippen molar-refractivity contribution in [1.82, 2.24) is 15.1 Å². The predicted molar refractivity (Wildman–Crippen MR) is 57.1 cm³/mol. The highest BCUT2D eigenvalue weighted by molar-refractivity contribution is 5.60. The van der Waals surface area contributed by atoms with Crippen molar-refractivity contribution in [1.29, 1.82) is 0 Å². The van der Waals surface area contributed by atoms with Gasteiger partial charge in [-0.3, -0.25) is 4.98 Å². The van der Waals surface area contributed by atoms with Crippen molar-refractivity contribution in [2.45, 2.75) is 18.9 Å². The van der Waals surface area contributed by atoms with Gasteiger partial charge in [-0.05, 0) is 18.9 Å². The van der Waals surface area contributed by atoms with Crippen LogP contribution in [0.3, 0.4) is 0 Å². The van der Waals surface area contributed by atoms with Crippen LogP contribution in [0.5, 0.6) is 5.75 Å². The summed E-state index contributed by atoms with van der Waals surface area (Å²) in [7, 11) is 0. The summed E-state index contributed by atoms with van der Waals surface area (Å²) in [5.41, 5.74) is 0.483. The Morgan fingerprint density at radius 3 is 3.12 bits per heavy atom. The normalized spacial score (nSPS) is 19.6. The van der Waals surface area contributed by atoms with Gasteiger partial charge in [0.05, 0.1) is 11.8 Å². The average molecular weight is 233 g/mol. The lowest BCUT2D eigenvalue weighted by Crippen LogP contribution is -1.97. The van der Waals surface area contributed by atoms with Gasteiger partial charge >= 0.3 is 0 Å². The third kappa shape index (κ3) is 1.87. The molecule has 0 spiro atoms. The molecule has 0 radical (unpaired) electrons. The number of hydrogen-bond donors (Lipinski definition) is 1. The molecule has 0 amide bonds. The van der Waals surface area contributed by atoms with Crippen LogP contribution in [0.15, 0.2) is 23.0 Å². The van der Waals surface area contributed by atoms with E-state index in [1.54, 1.807) is 12.3 Å². The van der Waals surface area contributed by atoms with Crippen LogP contribution in [0.4, 0.5) is 0 Å². The quantitative estimate of drug-likeness (QED) is 0.850. The average Bonchev–Trinajstić information content (AvgIpc) is 3.00. The molecule has 0 saturated carbocycles. The first-order chi connectivity index (χ1) is 8.34. The van der Waals surface area contributed by atoms with E-state index in [1.165, 1.54) is 6.20 Å². The van der Waals surface area contributed by atoms with E-state index in [-0.39, 0.29) is 17.7 Å². The number of aromatic nitrogens is 3. The largest absolute Gasteiger partial charge is 0.505 e. The summed E-state index contributed by atoms with van der Waals surface area (Å²) in [6.45, 7) is 0.731. The van der Waals surface area contributed by atoms with Crippen molar-refractivity contribution in [2.75, 3.05) is 6.61 Å². The highest BCUT2D eigenvalue weighted by Crippen LogP contribution is 2.30. The summed E-state index contributed by atoms with van der Waals surface area (Å²) in [6.07, 6.45) is 4.73. The van der Waals surface area contributed by atoms with E-state index < -0.39 is 0 Å². The summed E-state index contributed by atoms with van der Waals surface area (Å²) in [5.74, 6) is 0.846. The zero-order valence-electron chi connectivity index (χ0n) is 9.04. The Kier molecular flexibility index (Phi) is 2.49. The minimum Gasteiger partial charge on any atom is -0.505 e. The fourth-order valence-corrected chi connectivity index (χ4v) is 1.82. The van der Waals surface area contributed by atoms with Crippen LogP contribution in [0.25, 0.3) is 11.5 Å². The second kappa shape index (κ2) is 4.14. The van der Waals surface area contributed by atoms with E-state index in [2.05, 4.69) is 15.1 Å². The van der Waals surface area contributed by atoms with Crippen molar-refractivity contribution >= 4 is 0 Å². The molecule has 88 valence electrons. The second-order valence-electron chi connectivity index (χ2n) is 3.85. The highest BCUT2D eigenvalue weighted by Gasteiger charge is 2.24. The molecule has 17 heavy (non-hydrogen) atoms. The molecule has 3 rings (SSSR count). The second-order valence-corrected chi connectivity index (χ2v) is 3.85. The molecule has 1 saturated heterocycles. The Bertz CT molecular complexity index is 520. The third-order valence-electron chi connectivity index (χ3n) is 2.69. The Morgan fingerprint density at radius 2 is 2.35 bits per heavy atom. The zero-order valence-corrected chi connectivity index (χ0v) is 9.04. The summed E-state index contributed by atoms with van der Waals surface area (Å²) < 4.78 is 10.6. The van der Waals surface area contributed by atoms with Crippen molar-refractivity contribution in [2.24, 2.45) is 0 Å². The lowest BCUT2D eigenvalue weighted by molar-refractivity contribution is 0.103. The van der Waals surface area contributed by atoms with Crippen LogP contribution < -0.4 is 0 Å². The minimum absolute atomic E-state index is 0.0232. The standard InChI is InChI=1S/C11H11N3O3/c15-8-6-12-4-3-7(8)11-13-10(14-17-11)9-2-1-5-16-9/h3-4,6,9,15H,1-2,5H2. The number of nitrogens with zero attached hydrogens (tertiary/aromatic N) is 3. The molecule has 2 aromatic heterocycles. The molecule has 6 nitrogen and oxygen atoms in total. The lowest BCUT2D eigenvalue weighted by atomic mass is 10.2. The van der Waals surface area contributed by atoms with E-state index in [9.17, 15) is 5.11 Å². The van der Waals surface area contributed by atoms with Crippen molar-refractivity contribution in [3.05, 3.63) is 24.3 Å². The Balaban J connectivity index is 1.92. The number of ether oxygens (including phenoxy) is 1. The molecule has 1 atom stereocenters. The molecule has 1 unspecified atom stereocenters. The van der Waals surface area contributed by atoms with Crippen LogP contribution in [0.1, 0.15) is 24.8 Å². The topological polar surface area (TPSA) is 81.3 Å². The van der Waals surface area contributed by atoms with Crippen LogP contribution in [0, 0.1) is 0 Å². The molecule has 1 aliphatic heterocycles. The third-order valence-corrected chi connectivity index (χ3v) is 2.69. The van der Waals surface area contributed by atoms with E-state index in [0.29, 0.717) is 11.4 Å². The Morgan fingerprint density at radius 1 is 1.41 bits per heavy atom. The summed E-state index contributed by atoms with van der Waals surface area (Å²) in [5, 5.41) is 13.5. The summed E-state index contributed by atoms with van der Waals surface area (Å²) >= 11 is 0. The molecule has 1 aliphatic rings. The molecule has 1 fully saturated rings. The number of hydrogen-bond acceptors (Lipinski definition) is 6. The van der Waals surface area contributed by atoms with Gasteiger partial charge in [-0.25, -0.2) is 0 Å². The van der Waals surface area contributed by atoms with Gasteiger partial charge in [0, 0.05) is 12.8 Å². The Labute approximate surface area is 97.3 Å². The van der Waals surface area contributed by atoms with E-state index in [1.807, 2.05) is 0 Å². The molecule has 1 N–H and O–H groups in total. The number of pyridine rings is 1. The van der Waals surface area contributed by atoms with E-state index in [0.717, 1.165) is 19.4 Å². The van der Waals surface area contributed by atoms with Crippen LogP contribution in [0.2, 0.25) is 0 Å². The van der Waals surface area contributed by atoms with Crippen LogP contribution >= 0.6 is 0 Å². The monoisotopic (exact) mass is 233 g/mol. The van der Waals surface area contributed by atoms with Gasteiger partial charge in [-0.2, -0.15) is 4.98 Å². The maximum Gasteiger partial charge on any atom is 0.261 e. The molecular formula is C11H11N3O3. The van der Waals surface area contributed by atoms with Gasteiger partial charge in [-0.1, -0.05) is 5.16 Å². The molecule has 0 bridgehead atoms. The number of rotatable bonds is 2. The number of aromatic hydroxyl groups is 1. The first kappa shape index (κ1) is 10.2. The van der Waals surface area contributed by atoms with Gasteiger partial charge in [0.2, 0.25) is 5.82 Å². The van der Waals surface area contributed by atoms with Crippen LogP contribution in [-0.4, -0.2) is 26.8 Å². The first-order valence-electron chi connectivity index (χ1n) is 5.43. The molecule has 2 aromatic rings. The molecule has 0 aromatic carbocycles. The minimum atomic E-state index is -0.0866. The zero-order chi connectivity index (χ0) is 11.7. The van der Waals surface area contributed by atoms with Gasteiger partial charge in [-0.15, -0.1) is 0 Å². The SMILES string of the molecule is Oc1cnccc1-c1nc(C2CCCO2)no1. The van der Waals surface area contributed by atoms with Gasteiger partial charge in [0.25, 0.3) is 5.89 Å². The van der Waals surface area contributed by atoms with E-state index in [4.69, 9.17) is 9.26 Å². The maximum atomic E-state index is 9.62. The predicted octanol–water partition coefficient (Wildman–Crippen LogP) is 1.69. The van der Waals surface area contributed by atoms with Gasteiger partial charge in [0.15, 0.2) is 0 Å². The fourth-order valence-electron chi connectivity index (χ4n) is 1.82. The maximum absolute atomic E-state index is 9.62. The Hall–Kier alpha value is -1.95. The smallest absolute Gasteiger partial charge is 0.261 e. The summed E-state index contributed by atoms with van der Waals surface area (Å²) in [6, 6.07) is 1.63. The van der Waals surface area contributed by atoms with Crippen molar-refractivity contribution in [3.63, 3.8) is 0 Å².